The number of carbonyl (C=O) groups excluding carboxylic acids is 2. The van der Waals surface area contributed by atoms with Crippen molar-refractivity contribution in [1.29, 1.82) is 0 Å². The van der Waals surface area contributed by atoms with Gasteiger partial charge in [0, 0.05) is 11.3 Å². The summed E-state index contributed by atoms with van der Waals surface area (Å²) in [5, 5.41) is 9.44. The van der Waals surface area contributed by atoms with Crippen molar-refractivity contribution in [2.75, 3.05) is 5.32 Å². The van der Waals surface area contributed by atoms with E-state index in [1.807, 2.05) is 47.8 Å². The highest BCUT2D eigenvalue weighted by atomic mass is 32.1. The highest BCUT2D eigenvalue weighted by Gasteiger charge is 2.18. The summed E-state index contributed by atoms with van der Waals surface area (Å²) in [4.78, 5) is 25.1. The first kappa shape index (κ1) is 17.7. The summed E-state index contributed by atoms with van der Waals surface area (Å²) in [5.74, 6) is -0.813. The maximum atomic E-state index is 12.9. The van der Waals surface area contributed by atoms with E-state index < -0.39 is 5.91 Å². The first-order valence-electron chi connectivity index (χ1n) is 8.52. The number of anilines is 1. The Hall–Kier alpha value is -3.71. The zero-order chi connectivity index (χ0) is 19.5. The molecule has 2 aromatic carbocycles. The quantitative estimate of drug-likeness (QED) is 0.542. The molecular formula is C21H16N4O2S. The molecule has 2 heterocycles. The predicted octanol–water partition coefficient (Wildman–Crippen LogP) is 3.95. The molecule has 2 amide bonds. The second-order valence-corrected chi connectivity index (χ2v) is 6.98. The first-order valence-corrected chi connectivity index (χ1v) is 9.40. The van der Waals surface area contributed by atoms with Crippen LogP contribution >= 0.6 is 11.3 Å². The van der Waals surface area contributed by atoms with Gasteiger partial charge < -0.3 is 11.1 Å². The summed E-state index contributed by atoms with van der Waals surface area (Å²) in [6.07, 6.45) is 0. The Bertz CT molecular complexity index is 1120. The van der Waals surface area contributed by atoms with Gasteiger partial charge in [0.05, 0.1) is 10.6 Å². The number of hydrogen-bond acceptors (Lipinski definition) is 4. The van der Waals surface area contributed by atoms with Crippen molar-refractivity contribution >= 4 is 28.8 Å². The van der Waals surface area contributed by atoms with E-state index in [2.05, 4.69) is 10.4 Å². The monoisotopic (exact) mass is 388 g/mol. The van der Waals surface area contributed by atoms with Crippen LogP contribution in [-0.2, 0) is 0 Å². The van der Waals surface area contributed by atoms with Crippen molar-refractivity contribution in [2.45, 2.75) is 0 Å². The highest BCUT2D eigenvalue weighted by molar-refractivity contribution is 7.13. The molecule has 0 aliphatic carbocycles. The van der Waals surface area contributed by atoms with E-state index in [9.17, 15) is 9.59 Å². The van der Waals surface area contributed by atoms with Gasteiger partial charge >= 0.3 is 0 Å². The lowest BCUT2D eigenvalue weighted by Gasteiger charge is -2.08. The number of nitrogens with one attached hydrogen (secondary N) is 1. The molecule has 0 bridgehead atoms. The third kappa shape index (κ3) is 3.56. The zero-order valence-electron chi connectivity index (χ0n) is 14.7. The summed E-state index contributed by atoms with van der Waals surface area (Å²) in [7, 11) is 0. The molecule has 0 fully saturated rings. The van der Waals surface area contributed by atoms with Crippen LogP contribution in [0.3, 0.4) is 0 Å². The SMILES string of the molecule is NC(=O)c1ccc(NC(=O)c2cc(-c3cccs3)nn2-c2ccccc2)cc1. The topological polar surface area (TPSA) is 90.0 Å². The van der Waals surface area contributed by atoms with Gasteiger partial charge in [0.25, 0.3) is 5.91 Å². The van der Waals surface area contributed by atoms with E-state index in [1.54, 1.807) is 46.4 Å². The normalized spacial score (nSPS) is 10.6. The molecule has 0 aliphatic rings. The Morgan fingerprint density at radius 2 is 1.71 bits per heavy atom. The van der Waals surface area contributed by atoms with Crippen LogP contribution in [0.25, 0.3) is 16.3 Å². The minimum absolute atomic E-state index is 0.300. The number of primary amides is 1. The van der Waals surface area contributed by atoms with Crippen molar-refractivity contribution in [2.24, 2.45) is 5.73 Å². The largest absolute Gasteiger partial charge is 0.366 e. The van der Waals surface area contributed by atoms with Crippen molar-refractivity contribution in [3.63, 3.8) is 0 Å². The highest BCUT2D eigenvalue weighted by Crippen LogP contribution is 2.26. The van der Waals surface area contributed by atoms with Crippen LogP contribution in [0.2, 0.25) is 0 Å². The molecule has 0 atom stereocenters. The van der Waals surface area contributed by atoms with Gasteiger partial charge in [0.15, 0.2) is 0 Å². The van der Waals surface area contributed by atoms with Crippen LogP contribution < -0.4 is 11.1 Å². The Labute approximate surface area is 165 Å². The molecule has 3 N–H and O–H groups in total. The molecule has 0 radical (unpaired) electrons. The number of nitrogens with two attached hydrogens (primary N) is 1. The van der Waals surface area contributed by atoms with E-state index in [0.29, 0.717) is 16.9 Å². The van der Waals surface area contributed by atoms with Crippen LogP contribution in [0.5, 0.6) is 0 Å². The molecule has 0 saturated carbocycles. The first-order chi connectivity index (χ1) is 13.6. The number of nitrogens with zero attached hydrogens (tertiary/aromatic N) is 2. The van der Waals surface area contributed by atoms with Crippen LogP contribution in [-0.4, -0.2) is 21.6 Å². The standard InChI is InChI=1S/C21H16N4O2S/c22-20(26)14-8-10-15(11-9-14)23-21(27)18-13-17(19-7-4-12-28-19)24-25(18)16-5-2-1-3-6-16/h1-13H,(H2,22,26)(H,23,27). The Morgan fingerprint density at radius 3 is 2.36 bits per heavy atom. The number of thiophene rings is 1. The Morgan fingerprint density at radius 1 is 0.964 bits per heavy atom. The van der Waals surface area contributed by atoms with Crippen LogP contribution in [0.15, 0.2) is 78.2 Å². The summed E-state index contributed by atoms with van der Waals surface area (Å²) < 4.78 is 1.63. The van der Waals surface area contributed by atoms with E-state index >= 15 is 0 Å². The van der Waals surface area contributed by atoms with E-state index in [1.165, 1.54) is 0 Å². The van der Waals surface area contributed by atoms with Gasteiger partial charge in [0.2, 0.25) is 5.91 Å². The smallest absolute Gasteiger partial charge is 0.274 e. The fraction of sp³-hybridized carbons (Fsp3) is 0. The van der Waals surface area contributed by atoms with Crippen molar-refractivity contribution < 1.29 is 9.59 Å². The number of rotatable bonds is 5. The molecule has 0 saturated heterocycles. The molecule has 0 aliphatic heterocycles. The molecule has 7 heteroatoms. The van der Waals surface area contributed by atoms with Gasteiger partial charge in [-0.2, -0.15) is 5.10 Å². The third-order valence-electron chi connectivity index (χ3n) is 4.14. The third-order valence-corrected chi connectivity index (χ3v) is 5.04. The number of hydrogen-bond donors (Lipinski definition) is 2. The lowest BCUT2D eigenvalue weighted by molar-refractivity contribution is 0.0997. The molecule has 6 nitrogen and oxygen atoms in total. The van der Waals surface area contributed by atoms with Gasteiger partial charge in [-0.05, 0) is 53.9 Å². The maximum Gasteiger partial charge on any atom is 0.274 e. The molecule has 0 unspecified atom stereocenters. The van der Waals surface area contributed by atoms with Gasteiger partial charge in [-0.1, -0.05) is 24.3 Å². The van der Waals surface area contributed by atoms with E-state index in [0.717, 1.165) is 16.3 Å². The summed E-state index contributed by atoms with van der Waals surface area (Å²) in [5.41, 5.74) is 8.13. The van der Waals surface area contributed by atoms with Gasteiger partial charge in [-0.3, -0.25) is 9.59 Å². The summed E-state index contributed by atoms with van der Waals surface area (Å²) >= 11 is 1.56. The number of para-hydroxylation sites is 1. The van der Waals surface area contributed by atoms with Crippen molar-refractivity contribution in [3.8, 4) is 16.3 Å². The Balaban J connectivity index is 1.69. The number of aromatic nitrogens is 2. The zero-order valence-corrected chi connectivity index (χ0v) is 15.5. The van der Waals surface area contributed by atoms with E-state index in [-0.39, 0.29) is 5.91 Å². The maximum absolute atomic E-state index is 12.9. The average Bonchev–Trinajstić information content (AvgIpc) is 3.39. The van der Waals surface area contributed by atoms with Crippen LogP contribution in [0, 0.1) is 0 Å². The second-order valence-electron chi connectivity index (χ2n) is 6.04. The van der Waals surface area contributed by atoms with Crippen molar-refractivity contribution in [3.05, 3.63) is 89.4 Å². The molecular weight excluding hydrogens is 372 g/mol. The molecule has 4 rings (SSSR count). The summed E-state index contributed by atoms with van der Waals surface area (Å²) in [6, 6.07) is 21.6. The van der Waals surface area contributed by atoms with Crippen molar-refractivity contribution in [1.82, 2.24) is 9.78 Å². The average molecular weight is 388 g/mol. The predicted molar refractivity (Wildman–Crippen MR) is 110 cm³/mol. The molecule has 28 heavy (non-hydrogen) atoms. The molecule has 4 aromatic rings. The number of carbonyl (C=O) groups is 2. The molecule has 2 aromatic heterocycles. The Kier molecular flexibility index (Phi) is 4.74. The fourth-order valence-electron chi connectivity index (χ4n) is 2.77. The van der Waals surface area contributed by atoms with E-state index in [4.69, 9.17) is 5.73 Å². The summed E-state index contributed by atoms with van der Waals surface area (Å²) in [6.45, 7) is 0. The van der Waals surface area contributed by atoms with Gasteiger partial charge in [-0.15, -0.1) is 11.3 Å². The molecule has 138 valence electrons. The van der Waals surface area contributed by atoms with Crippen LogP contribution in [0.4, 0.5) is 5.69 Å². The van der Waals surface area contributed by atoms with Gasteiger partial charge in [-0.25, -0.2) is 4.68 Å². The lowest BCUT2D eigenvalue weighted by atomic mass is 10.2. The second kappa shape index (κ2) is 7.50. The molecule has 0 spiro atoms. The minimum atomic E-state index is -0.513. The minimum Gasteiger partial charge on any atom is -0.366 e. The van der Waals surface area contributed by atoms with Gasteiger partial charge in [0.1, 0.15) is 11.4 Å². The van der Waals surface area contributed by atoms with Crippen LogP contribution in [0.1, 0.15) is 20.8 Å². The lowest BCUT2D eigenvalue weighted by Crippen LogP contribution is -2.17. The fourth-order valence-corrected chi connectivity index (χ4v) is 3.45. The number of benzene rings is 2. The number of amides is 2.